The van der Waals surface area contributed by atoms with Crippen LogP contribution in [0.3, 0.4) is 0 Å². The topological polar surface area (TPSA) is 57.5 Å². The molecule has 3 heteroatoms. The van der Waals surface area contributed by atoms with Crippen molar-refractivity contribution in [3.8, 4) is 0 Å². The van der Waals surface area contributed by atoms with Crippen LogP contribution in [0, 0.1) is 0 Å². The van der Waals surface area contributed by atoms with Gasteiger partial charge in [-0.2, -0.15) is 0 Å². The molecule has 0 radical (unpaired) electrons. The minimum Gasteiger partial charge on any atom is -0.393 e. The van der Waals surface area contributed by atoms with Crippen molar-refractivity contribution in [3.63, 3.8) is 0 Å². The fourth-order valence-corrected chi connectivity index (χ4v) is 0.878. The van der Waals surface area contributed by atoms with Gasteiger partial charge in [0.25, 0.3) is 0 Å². The molecule has 0 saturated heterocycles. The summed E-state index contributed by atoms with van der Waals surface area (Å²) in [5.74, 6) is -0.446. The molecule has 12 heavy (non-hydrogen) atoms. The van der Waals surface area contributed by atoms with E-state index in [1.54, 1.807) is 30.3 Å². The number of rotatable bonds is 3. The number of hydrogen-bond donors (Lipinski definition) is 2. The van der Waals surface area contributed by atoms with Crippen LogP contribution >= 0.6 is 0 Å². The molecular weight excluding hydrogens is 156 g/mol. The number of benzene rings is 1. The molecule has 1 aromatic carbocycles. The van der Waals surface area contributed by atoms with E-state index in [1.165, 1.54) is 0 Å². The summed E-state index contributed by atoms with van der Waals surface area (Å²) in [4.78, 5) is 11.2. The normalized spacial score (nSPS) is 12.5. The van der Waals surface area contributed by atoms with Gasteiger partial charge in [0.2, 0.25) is 0 Å². The molecule has 0 spiro atoms. The van der Waals surface area contributed by atoms with E-state index in [0.717, 1.165) is 0 Å². The number of aliphatic hydroxyl groups excluding tert-OH is 2. The van der Waals surface area contributed by atoms with Crippen LogP contribution < -0.4 is 0 Å². The predicted molar refractivity (Wildman–Crippen MR) is 43.9 cm³/mol. The Bertz CT molecular complexity index is 256. The van der Waals surface area contributed by atoms with E-state index in [4.69, 9.17) is 10.2 Å². The summed E-state index contributed by atoms with van der Waals surface area (Å²) in [5, 5.41) is 17.5. The molecule has 1 aromatic rings. The summed E-state index contributed by atoms with van der Waals surface area (Å²) in [7, 11) is 0. The number of aliphatic hydroxyl groups is 2. The third-order valence-electron chi connectivity index (χ3n) is 1.53. The fourth-order valence-electron chi connectivity index (χ4n) is 0.878. The summed E-state index contributed by atoms with van der Waals surface area (Å²) >= 11 is 0. The SMILES string of the molecule is O=C(c1ccccc1)C(O)CO. The molecule has 0 aliphatic rings. The molecular formula is C9H10O3. The van der Waals surface area contributed by atoms with Gasteiger partial charge in [-0.3, -0.25) is 4.79 Å². The molecule has 0 heterocycles. The van der Waals surface area contributed by atoms with Crippen molar-refractivity contribution in [1.82, 2.24) is 0 Å². The molecule has 2 N–H and O–H groups in total. The summed E-state index contributed by atoms with van der Waals surface area (Å²) in [6.45, 7) is -0.534. The molecule has 1 atom stereocenters. The van der Waals surface area contributed by atoms with Crippen molar-refractivity contribution in [2.24, 2.45) is 0 Å². The fraction of sp³-hybridized carbons (Fsp3) is 0.222. The maximum Gasteiger partial charge on any atom is 0.193 e. The van der Waals surface area contributed by atoms with Crippen LogP contribution in [0.25, 0.3) is 0 Å². The van der Waals surface area contributed by atoms with E-state index in [9.17, 15) is 4.79 Å². The van der Waals surface area contributed by atoms with E-state index in [2.05, 4.69) is 0 Å². The monoisotopic (exact) mass is 166 g/mol. The Balaban J connectivity index is 2.79. The average molecular weight is 166 g/mol. The maximum absolute atomic E-state index is 11.2. The molecule has 1 unspecified atom stereocenters. The second-order valence-electron chi connectivity index (χ2n) is 2.43. The van der Waals surface area contributed by atoms with Crippen LogP contribution in [0.2, 0.25) is 0 Å². The Morgan fingerprint density at radius 2 is 1.92 bits per heavy atom. The number of ketones is 1. The Morgan fingerprint density at radius 3 is 2.42 bits per heavy atom. The number of carbonyl (C=O) groups excluding carboxylic acids is 1. The highest BCUT2D eigenvalue weighted by Crippen LogP contribution is 2.02. The first-order valence-electron chi connectivity index (χ1n) is 3.64. The molecule has 1 rings (SSSR count). The second-order valence-corrected chi connectivity index (χ2v) is 2.43. The quantitative estimate of drug-likeness (QED) is 0.631. The molecule has 3 nitrogen and oxygen atoms in total. The smallest absolute Gasteiger partial charge is 0.193 e. The Labute approximate surface area is 70.3 Å². The molecule has 64 valence electrons. The van der Waals surface area contributed by atoms with Crippen molar-refractivity contribution < 1.29 is 15.0 Å². The Morgan fingerprint density at radius 1 is 1.33 bits per heavy atom. The first-order valence-corrected chi connectivity index (χ1v) is 3.64. The highest BCUT2D eigenvalue weighted by Gasteiger charge is 2.14. The van der Waals surface area contributed by atoms with Crippen LogP contribution in [0.5, 0.6) is 0 Å². The lowest BCUT2D eigenvalue weighted by Gasteiger charge is -2.04. The minimum atomic E-state index is -1.30. The van der Waals surface area contributed by atoms with E-state index in [-0.39, 0.29) is 0 Å². The van der Waals surface area contributed by atoms with Crippen LogP contribution in [0.1, 0.15) is 10.4 Å². The maximum atomic E-state index is 11.2. The number of hydrogen-bond acceptors (Lipinski definition) is 3. The van der Waals surface area contributed by atoms with Crippen LogP contribution in [0.15, 0.2) is 30.3 Å². The van der Waals surface area contributed by atoms with E-state index in [1.807, 2.05) is 0 Å². The van der Waals surface area contributed by atoms with Gasteiger partial charge < -0.3 is 10.2 Å². The van der Waals surface area contributed by atoms with Crippen molar-refractivity contribution >= 4 is 5.78 Å². The van der Waals surface area contributed by atoms with Gasteiger partial charge in [-0.05, 0) is 0 Å². The number of carbonyl (C=O) groups is 1. The van der Waals surface area contributed by atoms with Crippen molar-refractivity contribution in [3.05, 3.63) is 35.9 Å². The van der Waals surface area contributed by atoms with Crippen LogP contribution in [-0.2, 0) is 0 Å². The third kappa shape index (κ3) is 1.90. The third-order valence-corrected chi connectivity index (χ3v) is 1.53. The Hall–Kier alpha value is -1.19. The first kappa shape index (κ1) is 8.90. The lowest BCUT2D eigenvalue weighted by molar-refractivity contribution is 0.0587. The van der Waals surface area contributed by atoms with Gasteiger partial charge in [-0.25, -0.2) is 0 Å². The van der Waals surface area contributed by atoms with E-state index >= 15 is 0 Å². The van der Waals surface area contributed by atoms with E-state index < -0.39 is 18.5 Å². The lowest BCUT2D eigenvalue weighted by Crippen LogP contribution is -2.24. The molecule has 0 saturated carbocycles. The molecule has 0 fully saturated rings. The van der Waals surface area contributed by atoms with Crippen LogP contribution in [0.4, 0.5) is 0 Å². The van der Waals surface area contributed by atoms with Crippen LogP contribution in [-0.4, -0.2) is 28.7 Å². The average Bonchev–Trinajstić information content (AvgIpc) is 2.17. The zero-order valence-corrected chi connectivity index (χ0v) is 6.47. The van der Waals surface area contributed by atoms with Gasteiger partial charge in [0.1, 0.15) is 6.10 Å². The van der Waals surface area contributed by atoms with Gasteiger partial charge in [-0.1, -0.05) is 30.3 Å². The van der Waals surface area contributed by atoms with Gasteiger partial charge in [0.05, 0.1) is 6.61 Å². The molecule has 0 amide bonds. The zero-order valence-electron chi connectivity index (χ0n) is 6.47. The standard InChI is InChI=1S/C9H10O3/c10-6-8(11)9(12)7-4-2-1-3-5-7/h1-5,8,10-11H,6H2. The highest BCUT2D eigenvalue weighted by atomic mass is 16.3. The molecule has 0 bridgehead atoms. The van der Waals surface area contributed by atoms with E-state index in [0.29, 0.717) is 5.56 Å². The van der Waals surface area contributed by atoms with Crippen molar-refractivity contribution in [2.45, 2.75) is 6.10 Å². The molecule has 0 aliphatic carbocycles. The Kier molecular flexibility index (Phi) is 2.96. The van der Waals surface area contributed by atoms with Crippen molar-refractivity contribution in [1.29, 1.82) is 0 Å². The van der Waals surface area contributed by atoms with Gasteiger partial charge >= 0.3 is 0 Å². The second kappa shape index (κ2) is 3.99. The zero-order chi connectivity index (χ0) is 8.97. The summed E-state index contributed by atoms with van der Waals surface area (Å²) in [5.41, 5.74) is 0.416. The molecule has 0 aromatic heterocycles. The molecule has 0 aliphatic heterocycles. The predicted octanol–water partition coefficient (Wildman–Crippen LogP) is 0.223. The van der Waals surface area contributed by atoms with Gasteiger partial charge in [0.15, 0.2) is 5.78 Å². The summed E-state index contributed by atoms with van der Waals surface area (Å²) in [6, 6.07) is 8.39. The van der Waals surface area contributed by atoms with Crippen molar-refractivity contribution in [2.75, 3.05) is 6.61 Å². The van der Waals surface area contributed by atoms with Gasteiger partial charge in [0, 0.05) is 5.56 Å². The highest BCUT2D eigenvalue weighted by molar-refractivity contribution is 5.99. The number of Topliss-reactive ketones (excluding diaryl/α,β-unsaturated/α-hetero) is 1. The first-order chi connectivity index (χ1) is 5.75. The lowest BCUT2D eigenvalue weighted by atomic mass is 10.1. The largest absolute Gasteiger partial charge is 0.393 e. The summed E-state index contributed by atoms with van der Waals surface area (Å²) < 4.78 is 0. The minimum absolute atomic E-state index is 0.416. The summed E-state index contributed by atoms with van der Waals surface area (Å²) in [6.07, 6.45) is -1.30. The van der Waals surface area contributed by atoms with Gasteiger partial charge in [-0.15, -0.1) is 0 Å².